The van der Waals surface area contributed by atoms with Gasteiger partial charge in [0.1, 0.15) is 11.6 Å². The number of hydrogen-bond acceptors (Lipinski definition) is 3. The summed E-state index contributed by atoms with van der Waals surface area (Å²) < 4.78 is 15.6. The van der Waals surface area contributed by atoms with E-state index < -0.39 is 0 Å². The lowest BCUT2D eigenvalue weighted by atomic mass is 9.83. The van der Waals surface area contributed by atoms with E-state index in [9.17, 15) is 9.18 Å². The summed E-state index contributed by atoms with van der Waals surface area (Å²) in [6, 6.07) is 12.5. The Bertz CT molecular complexity index is 1100. The quantitative estimate of drug-likeness (QED) is 0.674. The monoisotopic (exact) mass is 390 g/mol. The Hall–Kier alpha value is -2.73. The van der Waals surface area contributed by atoms with Gasteiger partial charge in [-0.1, -0.05) is 6.07 Å². The van der Waals surface area contributed by atoms with Crippen LogP contribution in [0.1, 0.15) is 23.2 Å². The van der Waals surface area contributed by atoms with Gasteiger partial charge < -0.3 is 14.4 Å². The van der Waals surface area contributed by atoms with Crippen LogP contribution in [0.25, 0.3) is 22.4 Å². The number of hydrogen-bond donors (Lipinski definition) is 0. The van der Waals surface area contributed by atoms with Crippen molar-refractivity contribution < 1.29 is 9.18 Å². The van der Waals surface area contributed by atoms with E-state index in [4.69, 9.17) is 4.98 Å². The van der Waals surface area contributed by atoms with Crippen LogP contribution in [0.3, 0.4) is 0 Å². The highest BCUT2D eigenvalue weighted by atomic mass is 19.1. The van der Waals surface area contributed by atoms with Crippen LogP contribution in [0.5, 0.6) is 0 Å². The van der Waals surface area contributed by atoms with E-state index in [1.54, 1.807) is 12.1 Å². The van der Waals surface area contributed by atoms with Crippen LogP contribution >= 0.6 is 0 Å². The third kappa shape index (κ3) is 2.62. The SMILES string of the molecule is O=C1c2cccc3nc(-c4ccc(F)cc4)n(c23)CCN1C1CN2CCC1CC2. The third-order valence-corrected chi connectivity index (χ3v) is 6.95. The van der Waals surface area contributed by atoms with Crippen molar-refractivity contribution in [2.75, 3.05) is 26.2 Å². The lowest BCUT2D eigenvalue weighted by molar-refractivity contribution is 0.00728. The lowest BCUT2D eigenvalue weighted by Gasteiger charge is -2.48. The third-order valence-electron chi connectivity index (χ3n) is 6.95. The van der Waals surface area contributed by atoms with Gasteiger partial charge in [0, 0.05) is 31.2 Å². The van der Waals surface area contributed by atoms with Crippen LogP contribution < -0.4 is 0 Å². The average Bonchev–Trinajstić information content (AvgIpc) is 3.06. The van der Waals surface area contributed by atoms with Gasteiger partial charge in [-0.05, 0) is 68.2 Å². The number of para-hydroxylation sites is 1. The number of fused-ring (bicyclic) bond motifs is 3. The molecule has 0 aliphatic carbocycles. The molecule has 0 N–H and O–H groups in total. The van der Waals surface area contributed by atoms with Gasteiger partial charge in [0.05, 0.1) is 16.6 Å². The largest absolute Gasteiger partial charge is 0.332 e. The van der Waals surface area contributed by atoms with E-state index in [1.807, 2.05) is 18.2 Å². The second kappa shape index (κ2) is 6.39. The summed E-state index contributed by atoms with van der Waals surface area (Å²) in [5, 5.41) is 0. The van der Waals surface area contributed by atoms with Crippen molar-refractivity contribution in [1.29, 1.82) is 0 Å². The standard InChI is InChI=1S/C23H23FN4O/c24-17-6-4-16(5-7-17)22-25-19-3-1-2-18-21(19)28(22)13-12-27(23(18)29)20-14-26-10-8-15(20)9-11-26/h1-7,15,20H,8-14H2. The number of halogens is 1. The number of piperidine rings is 3. The second-order valence-electron chi connectivity index (χ2n) is 8.47. The first kappa shape index (κ1) is 17.2. The molecule has 2 aromatic carbocycles. The highest BCUT2D eigenvalue weighted by Gasteiger charge is 2.40. The summed E-state index contributed by atoms with van der Waals surface area (Å²) in [4.78, 5) is 23.0. The molecule has 5 heterocycles. The first-order valence-electron chi connectivity index (χ1n) is 10.5. The van der Waals surface area contributed by atoms with E-state index in [-0.39, 0.29) is 11.7 Å². The Kier molecular flexibility index (Phi) is 3.78. The van der Waals surface area contributed by atoms with Crippen molar-refractivity contribution in [3.8, 4) is 11.4 Å². The lowest BCUT2D eigenvalue weighted by Crippen LogP contribution is -2.58. The Morgan fingerprint density at radius 2 is 1.76 bits per heavy atom. The molecule has 2 bridgehead atoms. The summed E-state index contributed by atoms with van der Waals surface area (Å²) >= 11 is 0. The fourth-order valence-corrected chi connectivity index (χ4v) is 5.46. The molecule has 1 amide bonds. The number of amides is 1. The summed E-state index contributed by atoms with van der Waals surface area (Å²) in [5.41, 5.74) is 3.33. The molecule has 4 aliphatic rings. The van der Waals surface area contributed by atoms with E-state index >= 15 is 0 Å². The number of aromatic nitrogens is 2. The zero-order valence-electron chi connectivity index (χ0n) is 16.2. The highest BCUT2D eigenvalue weighted by molar-refractivity contribution is 6.06. The average molecular weight is 390 g/mol. The minimum atomic E-state index is -0.259. The number of rotatable bonds is 2. The fraction of sp³-hybridized carbons (Fsp3) is 0.391. The van der Waals surface area contributed by atoms with Crippen molar-refractivity contribution in [3.63, 3.8) is 0 Å². The molecular weight excluding hydrogens is 367 g/mol. The molecule has 3 saturated heterocycles. The topological polar surface area (TPSA) is 41.4 Å². The van der Waals surface area contributed by atoms with Crippen molar-refractivity contribution in [2.45, 2.75) is 25.4 Å². The van der Waals surface area contributed by atoms with E-state index in [0.717, 1.165) is 47.6 Å². The van der Waals surface area contributed by atoms with Crippen LogP contribution in [0.4, 0.5) is 4.39 Å². The number of nitrogens with zero attached hydrogens (tertiary/aromatic N) is 4. The maximum absolute atomic E-state index is 13.6. The molecule has 0 radical (unpaired) electrons. The molecule has 5 nitrogen and oxygen atoms in total. The van der Waals surface area contributed by atoms with Gasteiger partial charge in [-0.2, -0.15) is 0 Å². The number of carbonyl (C=O) groups is 1. The van der Waals surface area contributed by atoms with Crippen molar-refractivity contribution in [2.24, 2.45) is 5.92 Å². The highest BCUT2D eigenvalue weighted by Crippen LogP contribution is 2.35. The molecule has 1 unspecified atom stereocenters. The number of imidazole rings is 1. The van der Waals surface area contributed by atoms with Crippen LogP contribution in [-0.2, 0) is 6.54 Å². The Morgan fingerprint density at radius 1 is 0.966 bits per heavy atom. The zero-order valence-corrected chi connectivity index (χ0v) is 16.2. The van der Waals surface area contributed by atoms with Crippen molar-refractivity contribution >= 4 is 16.9 Å². The minimum absolute atomic E-state index is 0.124. The second-order valence-corrected chi connectivity index (χ2v) is 8.47. The van der Waals surface area contributed by atoms with Crippen molar-refractivity contribution in [3.05, 3.63) is 53.8 Å². The molecule has 1 aromatic heterocycles. The Morgan fingerprint density at radius 3 is 2.48 bits per heavy atom. The first-order valence-corrected chi connectivity index (χ1v) is 10.5. The van der Waals surface area contributed by atoms with Crippen LogP contribution in [0.2, 0.25) is 0 Å². The molecule has 4 aliphatic heterocycles. The first-order chi connectivity index (χ1) is 14.2. The van der Waals surface area contributed by atoms with Gasteiger partial charge in [-0.3, -0.25) is 4.79 Å². The van der Waals surface area contributed by atoms with Crippen LogP contribution in [0.15, 0.2) is 42.5 Å². The van der Waals surface area contributed by atoms with Crippen LogP contribution in [-0.4, -0.2) is 57.5 Å². The summed E-state index contributed by atoms with van der Waals surface area (Å²) in [5.74, 6) is 1.27. The molecule has 3 fully saturated rings. The molecule has 29 heavy (non-hydrogen) atoms. The Balaban J connectivity index is 1.45. The maximum atomic E-state index is 13.6. The van der Waals surface area contributed by atoms with Gasteiger partial charge in [-0.15, -0.1) is 0 Å². The normalized spacial score (nSPS) is 26.2. The van der Waals surface area contributed by atoms with Gasteiger partial charge >= 0.3 is 0 Å². The van der Waals surface area contributed by atoms with E-state index in [0.29, 0.717) is 25.0 Å². The Labute approximate surface area is 168 Å². The van der Waals surface area contributed by atoms with E-state index in [2.05, 4.69) is 14.4 Å². The molecule has 148 valence electrons. The molecule has 1 atom stereocenters. The van der Waals surface area contributed by atoms with E-state index in [1.165, 1.54) is 25.0 Å². The summed E-state index contributed by atoms with van der Waals surface area (Å²) in [6.45, 7) is 4.70. The number of carbonyl (C=O) groups excluding carboxylic acids is 1. The van der Waals surface area contributed by atoms with Gasteiger partial charge in [0.2, 0.25) is 0 Å². The molecule has 7 rings (SSSR count). The van der Waals surface area contributed by atoms with Gasteiger partial charge in [0.15, 0.2) is 0 Å². The summed E-state index contributed by atoms with van der Waals surface area (Å²) in [7, 11) is 0. The predicted molar refractivity (Wildman–Crippen MR) is 109 cm³/mol. The number of benzene rings is 2. The molecule has 0 spiro atoms. The molecule has 0 saturated carbocycles. The molecular formula is C23H23FN4O. The summed E-state index contributed by atoms with van der Waals surface area (Å²) in [6.07, 6.45) is 2.38. The fourth-order valence-electron chi connectivity index (χ4n) is 5.46. The minimum Gasteiger partial charge on any atom is -0.332 e. The zero-order chi connectivity index (χ0) is 19.5. The van der Waals surface area contributed by atoms with Crippen molar-refractivity contribution in [1.82, 2.24) is 19.4 Å². The molecule has 3 aromatic rings. The smallest absolute Gasteiger partial charge is 0.256 e. The predicted octanol–water partition coefficient (Wildman–Crippen LogP) is 3.39. The molecule has 6 heteroatoms. The maximum Gasteiger partial charge on any atom is 0.256 e. The van der Waals surface area contributed by atoms with Gasteiger partial charge in [0.25, 0.3) is 5.91 Å². The van der Waals surface area contributed by atoms with Crippen LogP contribution in [0, 0.1) is 11.7 Å². The van der Waals surface area contributed by atoms with Gasteiger partial charge in [-0.25, -0.2) is 9.37 Å².